The largest absolute Gasteiger partial charge is 0.461 e. The fraction of sp³-hybridized carbons (Fsp3) is 0.500. The zero-order valence-corrected chi connectivity index (χ0v) is 15.0. The van der Waals surface area contributed by atoms with Crippen LogP contribution in [0.4, 0.5) is 11.8 Å². The number of aliphatic hydroxyl groups excluding tert-OH is 1. The molecule has 5 heterocycles. The summed E-state index contributed by atoms with van der Waals surface area (Å²) in [6.45, 7) is 2.91. The molecule has 0 aliphatic carbocycles. The van der Waals surface area contributed by atoms with E-state index in [0.717, 1.165) is 44.7 Å². The number of hydrogen-bond acceptors (Lipinski definition) is 8. The van der Waals surface area contributed by atoms with Gasteiger partial charge >= 0.3 is 0 Å². The molecule has 0 aromatic carbocycles. The van der Waals surface area contributed by atoms with Gasteiger partial charge in [-0.05, 0) is 25.0 Å². The lowest BCUT2D eigenvalue weighted by molar-refractivity contribution is 0.0369. The Labute approximate surface area is 156 Å². The number of furan rings is 1. The molecule has 2 aliphatic rings. The van der Waals surface area contributed by atoms with Gasteiger partial charge in [-0.1, -0.05) is 6.42 Å². The Morgan fingerprint density at radius 1 is 1.26 bits per heavy atom. The van der Waals surface area contributed by atoms with Crippen LogP contribution in [0.1, 0.15) is 19.3 Å². The summed E-state index contributed by atoms with van der Waals surface area (Å²) in [5, 5.41) is 14.0. The van der Waals surface area contributed by atoms with Crippen LogP contribution >= 0.6 is 0 Å². The zero-order valence-electron chi connectivity index (χ0n) is 15.0. The molecule has 2 fully saturated rings. The fourth-order valence-electron chi connectivity index (χ4n) is 4.34. The van der Waals surface area contributed by atoms with Crippen molar-refractivity contribution in [3.05, 3.63) is 24.5 Å². The predicted molar refractivity (Wildman–Crippen MR) is 100 cm³/mol. The highest BCUT2D eigenvalue weighted by atomic mass is 16.3. The van der Waals surface area contributed by atoms with Crippen LogP contribution in [0.3, 0.4) is 0 Å². The number of nitrogen functional groups attached to an aromatic ring is 1. The highest BCUT2D eigenvalue weighted by molar-refractivity contribution is 5.59. The minimum atomic E-state index is 0.239. The quantitative estimate of drug-likeness (QED) is 0.704. The molecule has 2 atom stereocenters. The molecule has 9 nitrogen and oxygen atoms in total. The molecule has 3 aromatic rings. The maximum Gasteiger partial charge on any atom is 0.225 e. The van der Waals surface area contributed by atoms with Gasteiger partial charge in [0.05, 0.1) is 12.9 Å². The molecule has 9 heteroatoms. The van der Waals surface area contributed by atoms with E-state index in [9.17, 15) is 5.11 Å². The van der Waals surface area contributed by atoms with E-state index in [1.165, 1.54) is 0 Å². The first-order valence-corrected chi connectivity index (χ1v) is 9.41. The summed E-state index contributed by atoms with van der Waals surface area (Å²) in [6, 6.07) is 6.29. The Morgan fingerprint density at radius 3 is 3.00 bits per heavy atom. The Bertz CT molecular complexity index is 939. The fourth-order valence-corrected chi connectivity index (χ4v) is 4.34. The van der Waals surface area contributed by atoms with E-state index in [1.807, 2.05) is 12.1 Å². The molecule has 2 saturated heterocycles. The number of hydrogen-bond donors (Lipinski definition) is 2. The van der Waals surface area contributed by atoms with Crippen molar-refractivity contribution in [1.29, 1.82) is 0 Å². The molecule has 142 valence electrons. The number of fused-ring (bicyclic) bond motifs is 2. The summed E-state index contributed by atoms with van der Waals surface area (Å²) >= 11 is 0. The first-order valence-electron chi connectivity index (χ1n) is 9.41. The SMILES string of the molecule is Nc1nc(N2CCN3[C@@H](CO)CCC[C@H]3C2)cc2nc(-c3ccco3)nn12. The second-order valence-electron chi connectivity index (χ2n) is 7.26. The predicted octanol–water partition coefficient (Wildman–Crippen LogP) is 1.00. The van der Waals surface area contributed by atoms with E-state index < -0.39 is 0 Å². The summed E-state index contributed by atoms with van der Waals surface area (Å²) in [6.07, 6.45) is 4.99. The lowest BCUT2D eigenvalue weighted by Crippen LogP contribution is -2.59. The topological polar surface area (TPSA) is 109 Å². The van der Waals surface area contributed by atoms with Gasteiger partial charge in [0.15, 0.2) is 11.4 Å². The molecule has 5 rings (SSSR count). The summed E-state index contributed by atoms with van der Waals surface area (Å²) in [5.41, 5.74) is 6.81. The molecule has 0 spiro atoms. The van der Waals surface area contributed by atoms with E-state index in [1.54, 1.807) is 16.8 Å². The van der Waals surface area contributed by atoms with Crippen molar-refractivity contribution in [2.45, 2.75) is 31.3 Å². The third-order valence-corrected chi connectivity index (χ3v) is 5.68. The van der Waals surface area contributed by atoms with Crippen LogP contribution in [-0.2, 0) is 0 Å². The average Bonchev–Trinajstić information content (AvgIpc) is 3.36. The van der Waals surface area contributed by atoms with Crippen LogP contribution in [0.2, 0.25) is 0 Å². The van der Waals surface area contributed by atoms with Gasteiger partial charge in [-0.25, -0.2) is 4.98 Å². The third kappa shape index (κ3) is 2.83. The van der Waals surface area contributed by atoms with Crippen molar-refractivity contribution in [2.24, 2.45) is 0 Å². The van der Waals surface area contributed by atoms with Crippen LogP contribution in [-0.4, -0.2) is 67.9 Å². The van der Waals surface area contributed by atoms with Gasteiger partial charge in [0, 0.05) is 37.8 Å². The van der Waals surface area contributed by atoms with Crippen molar-refractivity contribution < 1.29 is 9.52 Å². The van der Waals surface area contributed by atoms with E-state index in [0.29, 0.717) is 35.3 Å². The van der Waals surface area contributed by atoms with Gasteiger partial charge in [-0.15, -0.1) is 5.10 Å². The van der Waals surface area contributed by atoms with Crippen molar-refractivity contribution in [3.63, 3.8) is 0 Å². The number of anilines is 2. The smallest absolute Gasteiger partial charge is 0.225 e. The first kappa shape index (κ1) is 16.5. The van der Waals surface area contributed by atoms with Gasteiger partial charge in [-0.2, -0.15) is 9.50 Å². The zero-order chi connectivity index (χ0) is 18.4. The van der Waals surface area contributed by atoms with E-state index >= 15 is 0 Å². The summed E-state index contributed by atoms with van der Waals surface area (Å²) < 4.78 is 6.92. The normalized spacial score (nSPS) is 23.7. The van der Waals surface area contributed by atoms with Crippen LogP contribution in [0.25, 0.3) is 17.2 Å². The number of piperazine rings is 1. The van der Waals surface area contributed by atoms with Crippen LogP contribution in [0.15, 0.2) is 28.9 Å². The lowest BCUT2D eigenvalue weighted by atomic mass is 9.94. The minimum Gasteiger partial charge on any atom is -0.461 e. The average molecular weight is 369 g/mol. The second-order valence-corrected chi connectivity index (χ2v) is 7.26. The molecule has 2 aliphatic heterocycles. The molecule has 0 radical (unpaired) electrons. The standard InChI is InChI=1S/C18H23N7O2/c19-18-21-15(9-16-20-17(22-25(16)18)14-5-2-8-27-14)23-6-7-24-12(10-23)3-1-4-13(24)11-26/h2,5,8-9,12-13,26H,1,3-4,6-7,10-11H2,(H2,19,21)/t12-,13+/m0/s1. The maximum atomic E-state index is 9.64. The Balaban J connectivity index is 1.43. The first-order chi connectivity index (χ1) is 13.2. The number of rotatable bonds is 3. The van der Waals surface area contributed by atoms with Crippen LogP contribution < -0.4 is 10.6 Å². The molecular weight excluding hydrogens is 346 g/mol. The highest BCUT2D eigenvalue weighted by Crippen LogP contribution is 2.29. The van der Waals surface area contributed by atoms with Crippen molar-refractivity contribution >= 4 is 17.4 Å². The number of nitrogens with two attached hydrogens (primary N) is 1. The number of aromatic nitrogens is 4. The lowest BCUT2D eigenvalue weighted by Gasteiger charge is -2.48. The molecule has 0 saturated carbocycles. The summed E-state index contributed by atoms with van der Waals surface area (Å²) in [4.78, 5) is 13.8. The number of aliphatic hydroxyl groups is 1. The monoisotopic (exact) mass is 369 g/mol. The molecule has 3 aromatic heterocycles. The maximum absolute atomic E-state index is 9.64. The van der Waals surface area contributed by atoms with Gasteiger partial charge < -0.3 is 20.2 Å². The number of piperidine rings is 1. The van der Waals surface area contributed by atoms with Gasteiger partial charge in [0.25, 0.3) is 0 Å². The van der Waals surface area contributed by atoms with Crippen molar-refractivity contribution in [1.82, 2.24) is 24.5 Å². The van der Waals surface area contributed by atoms with Gasteiger partial charge in [0.1, 0.15) is 5.82 Å². The van der Waals surface area contributed by atoms with Crippen molar-refractivity contribution in [2.75, 3.05) is 36.9 Å². The van der Waals surface area contributed by atoms with E-state index in [-0.39, 0.29) is 6.61 Å². The molecule has 0 amide bonds. The Kier molecular flexibility index (Phi) is 3.98. The second kappa shape index (κ2) is 6.50. The number of nitrogens with zero attached hydrogens (tertiary/aromatic N) is 6. The molecule has 3 N–H and O–H groups in total. The summed E-state index contributed by atoms with van der Waals surface area (Å²) in [5.74, 6) is 2.23. The summed E-state index contributed by atoms with van der Waals surface area (Å²) in [7, 11) is 0. The van der Waals surface area contributed by atoms with Crippen LogP contribution in [0.5, 0.6) is 0 Å². The molecule has 0 bridgehead atoms. The Morgan fingerprint density at radius 2 is 2.19 bits per heavy atom. The minimum absolute atomic E-state index is 0.239. The van der Waals surface area contributed by atoms with Gasteiger partial charge in [-0.3, -0.25) is 4.90 Å². The van der Waals surface area contributed by atoms with Crippen LogP contribution in [0, 0.1) is 0 Å². The highest BCUT2D eigenvalue weighted by Gasteiger charge is 2.35. The molecular formula is C18H23N7O2. The van der Waals surface area contributed by atoms with E-state index in [4.69, 9.17) is 10.2 Å². The van der Waals surface area contributed by atoms with E-state index in [2.05, 4.69) is 24.9 Å². The third-order valence-electron chi connectivity index (χ3n) is 5.68. The van der Waals surface area contributed by atoms with Crippen molar-refractivity contribution in [3.8, 4) is 11.6 Å². The Hall–Kier alpha value is -2.65. The molecule has 27 heavy (non-hydrogen) atoms. The van der Waals surface area contributed by atoms with Gasteiger partial charge in [0.2, 0.25) is 11.8 Å². The molecule has 0 unspecified atom stereocenters.